The van der Waals surface area contributed by atoms with Crippen LogP contribution in [0.15, 0.2) is 54.6 Å². The van der Waals surface area contributed by atoms with Crippen molar-refractivity contribution >= 4 is 11.7 Å². The number of allylic oxidation sites excluding steroid dienone is 1. The van der Waals surface area contributed by atoms with Crippen molar-refractivity contribution < 1.29 is 19.1 Å². The molecule has 1 amide bonds. The number of hydrogen-bond donors (Lipinski definition) is 0. The molecule has 0 N–H and O–H groups in total. The maximum absolute atomic E-state index is 13.2. The number of carbonyl (C=O) groups excluding carboxylic acids is 2. The fourth-order valence-corrected chi connectivity index (χ4v) is 5.20. The quantitative estimate of drug-likeness (QED) is 0.479. The van der Waals surface area contributed by atoms with E-state index in [0.29, 0.717) is 31.6 Å². The molecule has 1 saturated heterocycles. The summed E-state index contributed by atoms with van der Waals surface area (Å²) < 4.78 is 11.7. The molecule has 1 saturated carbocycles. The first kappa shape index (κ1) is 22.8. The summed E-state index contributed by atoms with van der Waals surface area (Å²) in [5, 5.41) is 0. The molecule has 178 valence electrons. The molecule has 0 aromatic heterocycles. The van der Waals surface area contributed by atoms with Crippen molar-refractivity contribution in [2.75, 3.05) is 26.3 Å². The number of benzene rings is 2. The molecule has 2 aromatic carbocycles. The molecule has 0 bridgehead atoms. The number of nitrogens with zero attached hydrogens (tertiary/aromatic N) is 2. The van der Waals surface area contributed by atoms with E-state index in [1.54, 1.807) is 4.90 Å². The number of amides is 1. The maximum atomic E-state index is 13.2. The highest BCUT2D eigenvalue weighted by molar-refractivity contribution is 6.02. The van der Waals surface area contributed by atoms with Crippen LogP contribution in [-0.2, 0) is 29.2 Å². The lowest BCUT2D eigenvalue weighted by molar-refractivity contribution is -0.122. The minimum atomic E-state index is -0.371. The molecule has 34 heavy (non-hydrogen) atoms. The standard InChI is InChI=1S/C28H32N2O4/c1-20-5-2-9-25(26(31)15-20)30-18-24-23(28(30)32)8-4-10-27(24)34-19-22-7-3-6-21(16-22)17-29-11-13-33-14-12-29/h3-4,6-8,10,16,25H,1-2,5,9,11-15,17-19H2/t25-/m0/s1. The Morgan fingerprint density at radius 3 is 2.71 bits per heavy atom. The average molecular weight is 461 g/mol. The maximum Gasteiger partial charge on any atom is 0.255 e. The Morgan fingerprint density at radius 1 is 1.06 bits per heavy atom. The summed E-state index contributed by atoms with van der Waals surface area (Å²) in [6, 6.07) is 13.7. The van der Waals surface area contributed by atoms with Crippen LogP contribution in [0.5, 0.6) is 5.75 Å². The first-order chi connectivity index (χ1) is 16.6. The van der Waals surface area contributed by atoms with Gasteiger partial charge in [0.2, 0.25) is 0 Å². The van der Waals surface area contributed by atoms with Crippen LogP contribution < -0.4 is 4.74 Å². The zero-order valence-electron chi connectivity index (χ0n) is 19.6. The Labute approximate surface area is 201 Å². The molecule has 1 aliphatic carbocycles. The lowest BCUT2D eigenvalue weighted by Gasteiger charge is -2.26. The lowest BCUT2D eigenvalue weighted by Crippen LogP contribution is -2.40. The molecule has 2 fully saturated rings. The predicted octanol–water partition coefficient (Wildman–Crippen LogP) is 4.12. The first-order valence-corrected chi connectivity index (χ1v) is 12.2. The van der Waals surface area contributed by atoms with Gasteiger partial charge in [-0.15, -0.1) is 0 Å². The normalized spacial score (nSPS) is 21.5. The monoisotopic (exact) mass is 460 g/mol. The summed E-state index contributed by atoms with van der Waals surface area (Å²) in [6.45, 7) is 9.25. The molecule has 5 rings (SSSR count). The van der Waals surface area contributed by atoms with E-state index in [1.165, 1.54) is 5.56 Å². The Morgan fingerprint density at radius 2 is 1.85 bits per heavy atom. The number of fused-ring (bicyclic) bond motifs is 1. The molecule has 3 aliphatic rings. The van der Waals surface area contributed by atoms with Crippen molar-refractivity contribution in [2.45, 2.75) is 51.4 Å². The van der Waals surface area contributed by atoms with E-state index >= 15 is 0 Å². The van der Waals surface area contributed by atoms with Crippen molar-refractivity contribution in [1.29, 1.82) is 0 Å². The van der Waals surface area contributed by atoms with E-state index in [2.05, 4.69) is 35.7 Å². The number of morpholine rings is 1. The van der Waals surface area contributed by atoms with Crippen LogP contribution in [-0.4, -0.2) is 53.8 Å². The highest BCUT2D eigenvalue weighted by Gasteiger charge is 2.38. The van der Waals surface area contributed by atoms with Crippen LogP contribution in [0.1, 0.15) is 52.7 Å². The van der Waals surface area contributed by atoms with Crippen molar-refractivity contribution in [3.63, 3.8) is 0 Å². The third kappa shape index (κ3) is 4.93. The molecular weight excluding hydrogens is 428 g/mol. The minimum Gasteiger partial charge on any atom is -0.489 e. The lowest BCUT2D eigenvalue weighted by atomic mass is 10.1. The summed E-state index contributed by atoms with van der Waals surface area (Å²) >= 11 is 0. The molecule has 1 atom stereocenters. The zero-order chi connectivity index (χ0) is 23.5. The van der Waals surface area contributed by atoms with Crippen LogP contribution in [0, 0.1) is 0 Å². The van der Waals surface area contributed by atoms with Crippen LogP contribution >= 0.6 is 0 Å². The summed E-state index contributed by atoms with van der Waals surface area (Å²) in [4.78, 5) is 30.1. The van der Waals surface area contributed by atoms with E-state index < -0.39 is 0 Å². The zero-order valence-corrected chi connectivity index (χ0v) is 19.6. The van der Waals surface area contributed by atoms with Gasteiger partial charge in [-0.1, -0.05) is 42.5 Å². The third-order valence-corrected chi connectivity index (χ3v) is 7.03. The van der Waals surface area contributed by atoms with Gasteiger partial charge in [-0.2, -0.15) is 0 Å². The fraction of sp³-hybridized carbons (Fsp3) is 0.429. The van der Waals surface area contributed by atoms with Crippen molar-refractivity contribution in [2.24, 2.45) is 0 Å². The summed E-state index contributed by atoms with van der Waals surface area (Å²) in [6.07, 6.45) is 2.81. The topological polar surface area (TPSA) is 59.1 Å². The molecule has 0 radical (unpaired) electrons. The van der Waals surface area contributed by atoms with Gasteiger partial charge >= 0.3 is 0 Å². The number of Topliss-reactive ketones (excluding diaryl/α,β-unsaturated/α-hetero) is 1. The minimum absolute atomic E-state index is 0.0705. The molecule has 6 nitrogen and oxygen atoms in total. The van der Waals surface area contributed by atoms with Gasteiger partial charge in [0.15, 0.2) is 5.78 Å². The van der Waals surface area contributed by atoms with Crippen LogP contribution in [0.3, 0.4) is 0 Å². The van der Waals surface area contributed by atoms with Gasteiger partial charge in [0.05, 0.1) is 25.8 Å². The van der Waals surface area contributed by atoms with Crippen molar-refractivity contribution in [3.8, 4) is 5.75 Å². The second-order valence-electron chi connectivity index (χ2n) is 9.51. The van der Waals surface area contributed by atoms with Gasteiger partial charge in [0.1, 0.15) is 12.4 Å². The van der Waals surface area contributed by atoms with Gasteiger partial charge in [-0.3, -0.25) is 14.5 Å². The number of ether oxygens (including phenoxy) is 2. The van der Waals surface area contributed by atoms with Gasteiger partial charge in [-0.25, -0.2) is 0 Å². The second kappa shape index (κ2) is 10.1. The fourth-order valence-electron chi connectivity index (χ4n) is 5.20. The highest BCUT2D eigenvalue weighted by Crippen LogP contribution is 2.35. The van der Waals surface area contributed by atoms with Gasteiger partial charge in [-0.05, 0) is 42.5 Å². The van der Waals surface area contributed by atoms with Crippen LogP contribution in [0.4, 0.5) is 0 Å². The molecule has 6 heteroatoms. The van der Waals surface area contributed by atoms with E-state index in [4.69, 9.17) is 9.47 Å². The van der Waals surface area contributed by atoms with E-state index in [1.807, 2.05) is 18.2 Å². The van der Waals surface area contributed by atoms with Crippen molar-refractivity contribution in [1.82, 2.24) is 9.80 Å². The molecule has 0 unspecified atom stereocenters. The van der Waals surface area contributed by atoms with Crippen LogP contribution in [0.25, 0.3) is 0 Å². The van der Waals surface area contributed by atoms with Gasteiger partial charge < -0.3 is 14.4 Å². The van der Waals surface area contributed by atoms with Gasteiger partial charge in [0.25, 0.3) is 5.91 Å². The molecule has 0 spiro atoms. The summed E-state index contributed by atoms with van der Waals surface area (Å²) in [7, 11) is 0. The Balaban J connectivity index is 1.27. The van der Waals surface area contributed by atoms with E-state index in [0.717, 1.165) is 68.1 Å². The Bertz CT molecular complexity index is 1090. The number of ketones is 1. The number of rotatable bonds is 6. The average Bonchev–Trinajstić information content (AvgIpc) is 3.08. The largest absolute Gasteiger partial charge is 0.489 e. The van der Waals surface area contributed by atoms with E-state index in [-0.39, 0.29) is 17.7 Å². The van der Waals surface area contributed by atoms with E-state index in [9.17, 15) is 9.59 Å². The molecule has 2 aromatic rings. The Hall–Kier alpha value is -2.96. The predicted molar refractivity (Wildman–Crippen MR) is 130 cm³/mol. The smallest absolute Gasteiger partial charge is 0.255 e. The Kier molecular flexibility index (Phi) is 6.79. The first-order valence-electron chi connectivity index (χ1n) is 12.2. The summed E-state index contributed by atoms with van der Waals surface area (Å²) in [5.74, 6) is 0.749. The van der Waals surface area contributed by atoms with Crippen LogP contribution in [0.2, 0.25) is 0 Å². The summed E-state index contributed by atoms with van der Waals surface area (Å²) in [5.41, 5.74) is 4.86. The van der Waals surface area contributed by atoms with Crippen molar-refractivity contribution in [3.05, 3.63) is 76.9 Å². The number of hydrogen-bond acceptors (Lipinski definition) is 5. The number of carbonyl (C=O) groups is 2. The third-order valence-electron chi connectivity index (χ3n) is 7.03. The molecule has 2 heterocycles. The highest BCUT2D eigenvalue weighted by atomic mass is 16.5. The second-order valence-corrected chi connectivity index (χ2v) is 9.51. The molecular formula is C28H32N2O4. The SMILES string of the molecule is C=C1CCC[C@H](N2Cc3c(OCc4cccc(CN5CCOCC5)c4)cccc3C2=O)C(=O)C1. The molecule has 2 aliphatic heterocycles. The van der Waals surface area contributed by atoms with Gasteiger partial charge in [0, 0.05) is 37.2 Å².